The van der Waals surface area contributed by atoms with E-state index >= 15 is 0 Å². The third-order valence-corrected chi connectivity index (χ3v) is 6.93. The Morgan fingerprint density at radius 3 is 2.29 bits per heavy atom. The van der Waals surface area contributed by atoms with Gasteiger partial charge in [0, 0.05) is 11.7 Å². The summed E-state index contributed by atoms with van der Waals surface area (Å²) in [7, 11) is 0. The number of hydrogen-bond donors (Lipinski definition) is 3. The van der Waals surface area contributed by atoms with Gasteiger partial charge in [-0.1, -0.05) is 42.7 Å². The molecular weight excluding hydrogens is 469 g/mol. The first-order valence-electron chi connectivity index (χ1n) is 11.3. The van der Waals surface area contributed by atoms with Gasteiger partial charge in [-0.2, -0.15) is 4.37 Å². The van der Waals surface area contributed by atoms with Crippen LogP contribution in [0.1, 0.15) is 63.0 Å². The predicted molar refractivity (Wildman–Crippen MR) is 133 cm³/mol. The number of nitrogens with two attached hydrogens (primary N) is 2. The molecule has 2 aromatic carbocycles. The van der Waals surface area contributed by atoms with E-state index in [1.807, 2.05) is 19.1 Å². The lowest BCUT2D eigenvalue weighted by Crippen LogP contribution is -2.46. The number of nitrogens with one attached hydrogen (secondary N) is 1. The second-order valence-corrected chi connectivity index (χ2v) is 9.37. The normalized spacial score (nSPS) is 14.5. The summed E-state index contributed by atoms with van der Waals surface area (Å²) in [6.45, 7) is 1.92. The monoisotopic (exact) mass is 495 g/mol. The second kappa shape index (κ2) is 10.2. The summed E-state index contributed by atoms with van der Waals surface area (Å²) in [6.07, 6.45) is 3.77. The van der Waals surface area contributed by atoms with E-state index in [2.05, 4.69) is 9.69 Å². The zero-order valence-electron chi connectivity index (χ0n) is 19.2. The van der Waals surface area contributed by atoms with E-state index in [0.717, 1.165) is 42.8 Å². The van der Waals surface area contributed by atoms with Crippen molar-refractivity contribution in [3.05, 3.63) is 76.0 Å². The molecule has 10 heteroatoms. The van der Waals surface area contributed by atoms with Gasteiger partial charge in [0.05, 0.1) is 5.69 Å². The van der Waals surface area contributed by atoms with Gasteiger partial charge >= 0.3 is 0 Å². The van der Waals surface area contributed by atoms with Gasteiger partial charge in [-0.3, -0.25) is 19.3 Å². The molecule has 0 radical (unpaired) electrons. The van der Waals surface area contributed by atoms with Gasteiger partial charge in [0.25, 0.3) is 11.8 Å². The molecule has 1 aromatic heterocycles. The molecule has 0 spiro atoms. The molecule has 3 amide bonds. The van der Waals surface area contributed by atoms with Gasteiger partial charge in [-0.25, -0.2) is 4.39 Å². The number of nitrogen functional groups attached to an aromatic ring is 1. The van der Waals surface area contributed by atoms with Crippen LogP contribution in [0.5, 0.6) is 0 Å². The minimum absolute atomic E-state index is 0.00977. The largest absolute Gasteiger partial charge is 0.395 e. The Kier molecular flexibility index (Phi) is 7.11. The van der Waals surface area contributed by atoms with E-state index in [0.29, 0.717) is 5.56 Å². The lowest BCUT2D eigenvalue weighted by molar-refractivity contribution is -0.123. The highest BCUT2D eigenvalue weighted by molar-refractivity contribution is 7.09. The molecule has 1 aliphatic rings. The number of aryl methyl sites for hydroxylation is 1. The zero-order valence-corrected chi connectivity index (χ0v) is 20.0. The first-order chi connectivity index (χ1) is 16.8. The number of aromatic nitrogens is 1. The molecular formula is C25H26FN5O3S. The van der Waals surface area contributed by atoms with Crippen molar-refractivity contribution in [1.29, 1.82) is 0 Å². The van der Waals surface area contributed by atoms with Gasteiger partial charge < -0.3 is 16.8 Å². The van der Waals surface area contributed by atoms with Crippen LogP contribution in [0.15, 0.2) is 48.5 Å². The lowest BCUT2D eigenvalue weighted by atomic mass is 10.0. The Hall–Kier alpha value is -3.79. The number of anilines is 2. The van der Waals surface area contributed by atoms with Gasteiger partial charge in [0.1, 0.15) is 16.7 Å². The molecule has 35 heavy (non-hydrogen) atoms. The number of carbonyl (C=O) groups is 3. The average Bonchev–Trinajstić information content (AvgIpc) is 3.48. The maximum absolute atomic E-state index is 13.9. The number of rotatable bonds is 7. The van der Waals surface area contributed by atoms with Crippen LogP contribution < -0.4 is 21.7 Å². The SMILES string of the molecule is Cc1ccc(C(C(=O)NC2CCCC2)N(C(=O)c2snc(C(N)=O)c2N)c2ccc(F)cc2)cc1. The predicted octanol–water partition coefficient (Wildman–Crippen LogP) is 3.72. The number of carbonyl (C=O) groups excluding carboxylic acids is 3. The molecule has 0 saturated heterocycles. The number of primary amides is 1. The summed E-state index contributed by atoms with van der Waals surface area (Å²) in [5, 5.41) is 3.07. The average molecular weight is 496 g/mol. The minimum atomic E-state index is -1.08. The summed E-state index contributed by atoms with van der Waals surface area (Å²) < 4.78 is 17.7. The molecule has 182 valence electrons. The number of amides is 3. The third-order valence-electron chi connectivity index (χ3n) is 6.08. The molecule has 0 bridgehead atoms. The van der Waals surface area contributed by atoms with E-state index in [9.17, 15) is 18.8 Å². The fourth-order valence-corrected chi connectivity index (χ4v) is 4.98. The molecule has 1 heterocycles. The van der Waals surface area contributed by atoms with Crippen molar-refractivity contribution in [3.8, 4) is 0 Å². The molecule has 1 atom stereocenters. The van der Waals surface area contributed by atoms with Crippen LogP contribution in [0.2, 0.25) is 0 Å². The minimum Gasteiger partial charge on any atom is -0.395 e. The number of nitrogens with zero attached hydrogens (tertiary/aromatic N) is 2. The molecule has 1 saturated carbocycles. The van der Waals surface area contributed by atoms with E-state index < -0.39 is 23.7 Å². The summed E-state index contributed by atoms with van der Waals surface area (Å²) >= 11 is 0.726. The third kappa shape index (κ3) is 5.17. The number of halogens is 1. The maximum atomic E-state index is 13.9. The Bertz CT molecular complexity index is 1240. The highest BCUT2D eigenvalue weighted by Gasteiger charge is 2.37. The van der Waals surface area contributed by atoms with Gasteiger partial charge in [0.15, 0.2) is 5.69 Å². The van der Waals surface area contributed by atoms with Crippen molar-refractivity contribution >= 4 is 40.6 Å². The lowest BCUT2D eigenvalue weighted by Gasteiger charge is -2.32. The van der Waals surface area contributed by atoms with Crippen LogP contribution in [-0.4, -0.2) is 28.1 Å². The fourth-order valence-electron chi connectivity index (χ4n) is 4.24. The van der Waals surface area contributed by atoms with E-state index in [1.54, 1.807) is 12.1 Å². The van der Waals surface area contributed by atoms with Crippen molar-refractivity contribution in [2.75, 3.05) is 10.6 Å². The van der Waals surface area contributed by atoms with Gasteiger partial charge in [-0.05, 0) is 61.1 Å². The van der Waals surface area contributed by atoms with Crippen LogP contribution in [0.4, 0.5) is 15.8 Å². The highest BCUT2D eigenvalue weighted by atomic mass is 32.1. The Morgan fingerprint density at radius 2 is 1.71 bits per heavy atom. The smallest absolute Gasteiger partial charge is 0.273 e. The Balaban J connectivity index is 1.84. The fraction of sp³-hybridized carbons (Fsp3) is 0.280. The van der Waals surface area contributed by atoms with Crippen molar-refractivity contribution in [3.63, 3.8) is 0 Å². The molecule has 1 aliphatic carbocycles. The van der Waals surface area contributed by atoms with E-state index in [1.165, 1.54) is 29.2 Å². The topological polar surface area (TPSA) is 131 Å². The molecule has 1 unspecified atom stereocenters. The molecule has 5 N–H and O–H groups in total. The zero-order chi connectivity index (χ0) is 25.1. The molecule has 1 fully saturated rings. The van der Waals surface area contributed by atoms with Gasteiger partial charge in [0.2, 0.25) is 5.91 Å². The maximum Gasteiger partial charge on any atom is 0.273 e. The molecule has 0 aliphatic heterocycles. The molecule has 4 rings (SSSR count). The molecule has 3 aromatic rings. The Labute approximate surface area is 206 Å². The summed E-state index contributed by atoms with van der Waals surface area (Å²) in [5.74, 6) is -2.36. The van der Waals surface area contributed by atoms with Crippen molar-refractivity contribution in [1.82, 2.24) is 9.69 Å². The van der Waals surface area contributed by atoms with Crippen LogP contribution in [0, 0.1) is 12.7 Å². The number of benzene rings is 2. The summed E-state index contributed by atoms with van der Waals surface area (Å²) in [5.41, 5.74) is 12.9. The quantitative estimate of drug-likeness (QED) is 0.460. The van der Waals surface area contributed by atoms with Crippen molar-refractivity contribution in [2.24, 2.45) is 5.73 Å². The first kappa shape index (κ1) is 24.3. The summed E-state index contributed by atoms with van der Waals surface area (Å²) in [4.78, 5) is 40.5. The van der Waals surface area contributed by atoms with Crippen molar-refractivity contribution in [2.45, 2.75) is 44.7 Å². The second-order valence-electron chi connectivity index (χ2n) is 8.59. The van der Waals surface area contributed by atoms with Crippen LogP contribution in [0.3, 0.4) is 0 Å². The van der Waals surface area contributed by atoms with Crippen molar-refractivity contribution < 1.29 is 18.8 Å². The van der Waals surface area contributed by atoms with Crippen LogP contribution >= 0.6 is 11.5 Å². The van der Waals surface area contributed by atoms with E-state index in [4.69, 9.17) is 11.5 Å². The first-order valence-corrected chi connectivity index (χ1v) is 12.0. The van der Waals surface area contributed by atoms with Crippen LogP contribution in [0.25, 0.3) is 0 Å². The van der Waals surface area contributed by atoms with E-state index in [-0.39, 0.29) is 33.9 Å². The van der Waals surface area contributed by atoms with Crippen LogP contribution in [-0.2, 0) is 4.79 Å². The number of hydrogen-bond acceptors (Lipinski definition) is 6. The molecule has 8 nitrogen and oxygen atoms in total. The summed E-state index contributed by atoms with van der Waals surface area (Å²) in [6, 6.07) is 11.5. The highest BCUT2D eigenvalue weighted by Crippen LogP contribution is 2.34. The van der Waals surface area contributed by atoms with Gasteiger partial charge in [-0.15, -0.1) is 0 Å². The Morgan fingerprint density at radius 1 is 1.09 bits per heavy atom. The standard InChI is InChI=1S/C25H26FN5O3S/c1-14-6-8-15(9-7-14)21(24(33)29-17-4-2-3-5-17)31(18-12-10-16(26)11-13-18)25(34)22-19(27)20(23(28)32)30-35-22/h6-13,17,21H,2-5,27H2,1H3,(H2,28,32)(H,29,33).